The Hall–Kier alpha value is -1.09. The molecule has 3 atom stereocenters. The van der Waals surface area contributed by atoms with Crippen molar-refractivity contribution in [2.75, 3.05) is 0 Å². The Balaban J connectivity index is 2.00. The van der Waals surface area contributed by atoms with Crippen molar-refractivity contribution in [1.29, 1.82) is 0 Å². The average molecular weight is 208 g/mol. The molecule has 0 unspecified atom stereocenters. The summed E-state index contributed by atoms with van der Waals surface area (Å²) in [4.78, 5) is 11.3. The molecule has 82 valence electrons. The van der Waals surface area contributed by atoms with Gasteiger partial charge in [-0.2, -0.15) is 0 Å². The first-order chi connectivity index (χ1) is 7.29. The van der Waals surface area contributed by atoms with E-state index in [1.165, 1.54) is 6.08 Å². The van der Waals surface area contributed by atoms with Crippen molar-refractivity contribution in [1.82, 2.24) is 0 Å². The molecule has 0 bridgehead atoms. The highest BCUT2D eigenvalue weighted by molar-refractivity contribution is 5.82. The summed E-state index contributed by atoms with van der Waals surface area (Å²) < 4.78 is 10.8. The Morgan fingerprint density at radius 2 is 2.33 bits per heavy atom. The zero-order chi connectivity index (χ0) is 10.7. The van der Waals surface area contributed by atoms with E-state index in [4.69, 9.17) is 9.47 Å². The number of fused-ring (bicyclic) bond motifs is 1. The van der Waals surface area contributed by atoms with E-state index >= 15 is 0 Å². The number of ether oxygens (including phenoxy) is 2. The number of hydrogen-bond acceptors (Lipinski definition) is 3. The van der Waals surface area contributed by atoms with E-state index in [-0.39, 0.29) is 24.3 Å². The van der Waals surface area contributed by atoms with Crippen LogP contribution in [0.1, 0.15) is 26.2 Å². The van der Waals surface area contributed by atoms with Crippen LogP contribution in [0.4, 0.5) is 0 Å². The molecule has 1 saturated heterocycles. The molecule has 0 aromatic rings. The smallest absolute Gasteiger partial charge is 0.331 e. The molecule has 0 saturated carbocycles. The minimum atomic E-state index is -0.253. The van der Waals surface area contributed by atoms with Crippen molar-refractivity contribution in [3.05, 3.63) is 24.3 Å². The Morgan fingerprint density at radius 1 is 1.47 bits per heavy atom. The minimum Gasteiger partial charge on any atom is -0.459 e. The van der Waals surface area contributed by atoms with Crippen molar-refractivity contribution in [2.24, 2.45) is 0 Å². The maximum Gasteiger partial charge on any atom is 0.331 e. The van der Waals surface area contributed by atoms with Gasteiger partial charge in [0.05, 0.1) is 6.10 Å². The fourth-order valence-corrected chi connectivity index (χ4v) is 1.83. The SMILES string of the molecule is CCC[C@H]1C[C@H]2O[C@H]2/C=C/C=C\C(=O)O1. The van der Waals surface area contributed by atoms with E-state index < -0.39 is 0 Å². The van der Waals surface area contributed by atoms with Crippen LogP contribution >= 0.6 is 0 Å². The maximum absolute atomic E-state index is 11.3. The predicted molar refractivity (Wildman–Crippen MR) is 56.3 cm³/mol. The van der Waals surface area contributed by atoms with Crippen LogP contribution in [-0.4, -0.2) is 24.3 Å². The first-order valence-corrected chi connectivity index (χ1v) is 5.50. The lowest BCUT2D eigenvalue weighted by atomic mass is 10.1. The third-order valence-corrected chi connectivity index (χ3v) is 2.65. The lowest BCUT2D eigenvalue weighted by Gasteiger charge is -2.15. The van der Waals surface area contributed by atoms with Gasteiger partial charge < -0.3 is 9.47 Å². The highest BCUT2D eigenvalue weighted by atomic mass is 16.6. The van der Waals surface area contributed by atoms with Gasteiger partial charge in [-0.05, 0) is 6.42 Å². The summed E-state index contributed by atoms with van der Waals surface area (Å²) >= 11 is 0. The van der Waals surface area contributed by atoms with Crippen LogP contribution in [0.2, 0.25) is 0 Å². The quantitative estimate of drug-likeness (QED) is 0.514. The number of rotatable bonds is 2. The van der Waals surface area contributed by atoms with Crippen molar-refractivity contribution in [2.45, 2.75) is 44.5 Å². The lowest BCUT2D eigenvalue weighted by Crippen LogP contribution is -2.19. The number of carbonyl (C=O) groups excluding carboxylic acids is 1. The van der Waals surface area contributed by atoms with Crippen LogP contribution in [0.15, 0.2) is 24.3 Å². The van der Waals surface area contributed by atoms with Gasteiger partial charge >= 0.3 is 5.97 Å². The van der Waals surface area contributed by atoms with Crippen molar-refractivity contribution >= 4 is 5.97 Å². The fourth-order valence-electron chi connectivity index (χ4n) is 1.83. The molecule has 0 N–H and O–H groups in total. The number of esters is 1. The first kappa shape index (κ1) is 10.4. The topological polar surface area (TPSA) is 38.8 Å². The van der Waals surface area contributed by atoms with Crippen LogP contribution < -0.4 is 0 Å². The molecule has 2 heterocycles. The molecule has 0 radical (unpaired) electrons. The molecule has 2 aliphatic rings. The van der Waals surface area contributed by atoms with Gasteiger partial charge in [-0.25, -0.2) is 4.79 Å². The molecule has 0 aromatic carbocycles. The van der Waals surface area contributed by atoms with Crippen LogP contribution in [0.25, 0.3) is 0 Å². The summed E-state index contributed by atoms with van der Waals surface area (Å²) in [7, 11) is 0. The second-order valence-electron chi connectivity index (χ2n) is 3.97. The molecule has 15 heavy (non-hydrogen) atoms. The summed E-state index contributed by atoms with van der Waals surface area (Å²) in [5.74, 6) is -0.253. The highest BCUT2D eigenvalue weighted by Crippen LogP contribution is 2.30. The van der Waals surface area contributed by atoms with Crippen molar-refractivity contribution in [3.8, 4) is 0 Å². The summed E-state index contributed by atoms with van der Waals surface area (Å²) in [6.07, 6.45) is 10.2. The number of hydrogen-bond donors (Lipinski definition) is 0. The van der Waals surface area contributed by atoms with E-state index in [0.717, 1.165) is 19.3 Å². The van der Waals surface area contributed by atoms with E-state index in [2.05, 4.69) is 6.92 Å². The summed E-state index contributed by atoms with van der Waals surface area (Å²) in [5, 5.41) is 0. The van der Waals surface area contributed by atoms with Crippen LogP contribution in [0, 0.1) is 0 Å². The first-order valence-electron chi connectivity index (χ1n) is 5.50. The molecule has 0 amide bonds. The second kappa shape index (κ2) is 4.62. The molecule has 0 aliphatic carbocycles. The third-order valence-electron chi connectivity index (χ3n) is 2.65. The van der Waals surface area contributed by atoms with Crippen molar-refractivity contribution in [3.63, 3.8) is 0 Å². The van der Waals surface area contributed by atoms with Gasteiger partial charge in [-0.1, -0.05) is 31.6 Å². The molecular formula is C12H16O3. The number of carbonyl (C=O) groups is 1. The van der Waals surface area contributed by atoms with Crippen LogP contribution in [-0.2, 0) is 14.3 Å². The monoisotopic (exact) mass is 208 g/mol. The van der Waals surface area contributed by atoms with Crippen LogP contribution in [0.5, 0.6) is 0 Å². The standard InChI is InChI=1S/C12H16O3/c1-2-5-9-8-11-10(15-11)6-3-4-7-12(13)14-9/h3-4,6-7,9-11H,2,5,8H2,1H3/b6-3+,7-4-/t9-,10-,11+/m0/s1. The Kier molecular flexibility index (Phi) is 3.21. The van der Waals surface area contributed by atoms with Gasteiger partial charge in [0, 0.05) is 12.5 Å². The summed E-state index contributed by atoms with van der Waals surface area (Å²) in [6.45, 7) is 2.09. The van der Waals surface area contributed by atoms with E-state index in [0.29, 0.717) is 0 Å². The van der Waals surface area contributed by atoms with E-state index in [1.807, 2.05) is 12.2 Å². The van der Waals surface area contributed by atoms with Crippen LogP contribution in [0.3, 0.4) is 0 Å². The Bertz CT molecular complexity index is 293. The largest absolute Gasteiger partial charge is 0.459 e. The zero-order valence-electron chi connectivity index (χ0n) is 8.89. The highest BCUT2D eigenvalue weighted by Gasteiger charge is 2.38. The average Bonchev–Trinajstić information content (AvgIpc) is 2.92. The van der Waals surface area contributed by atoms with Gasteiger partial charge in [0.2, 0.25) is 0 Å². The summed E-state index contributed by atoms with van der Waals surface area (Å²) in [5.41, 5.74) is 0. The molecule has 3 nitrogen and oxygen atoms in total. The molecule has 0 spiro atoms. The zero-order valence-corrected chi connectivity index (χ0v) is 8.89. The third kappa shape index (κ3) is 2.93. The van der Waals surface area contributed by atoms with E-state index in [1.54, 1.807) is 6.08 Å². The van der Waals surface area contributed by atoms with E-state index in [9.17, 15) is 4.79 Å². The predicted octanol–water partition coefficient (Wildman–Crippen LogP) is 1.98. The van der Waals surface area contributed by atoms with Gasteiger partial charge in [-0.15, -0.1) is 0 Å². The van der Waals surface area contributed by atoms with Crippen molar-refractivity contribution < 1.29 is 14.3 Å². The van der Waals surface area contributed by atoms with Gasteiger partial charge in [0.15, 0.2) is 0 Å². The maximum atomic E-state index is 11.3. The fraction of sp³-hybridized carbons (Fsp3) is 0.583. The van der Waals surface area contributed by atoms with Gasteiger partial charge in [-0.3, -0.25) is 0 Å². The molecule has 1 fully saturated rings. The molecule has 0 aromatic heterocycles. The molecule has 2 aliphatic heterocycles. The molecule has 3 heteroatoms. The number of cyclic esters (lactones) is 1. The summed E-state index contributed by atoms with van der Waals surface area (Å²) in [6, 6.07) is 0. The normalized spacial score (nSPS) is 38.7. The lowest BCUT2D eigenvalue weighted by molar-refractivity contribution is -0.143. The van der Waals surface area contributed by atoms with Gasteiger partial charge in [0.1, 0.15) is 12.2 Å². The minimum absolute atomic E-state index is 0.00801. The molecule has 2 rings (SSSR count). The van der Waals surface area contributed by atoms with Gasteiger partial charge in [0.25, 0.3) is 0 Å². The number of allylic oxidation sites excluding steroid dienone is 2. The second-order valence-corrected chi connectivity index (χ2v) is 3.97. The Labute approximate surface area is 89.8 Å². The number of epoxide rings is 1. The Morgan fingerprint density at radius 3 is 3.13 bits per heavy atom. The molecular weight excluding hydrogens is 192 g/mol.